The molecule has 1 atom stereocenters. The van der Waals surface area contributed by atoms with Crippen LogP contribution in [0.3, 0.4) is 0 Å². The van der Waals surface area contributed by atoms with Gasteiger partial charge in [-0.1, -0.05) is 17.7 Å². The molecule has 0 fully saturated rings. The van der Waals surface area contributed by atoms with Crippen LogP contribution in [0.25, 0.3) is 22.0 Å². The van der Waals surface area contributed by atoms with E-state index in [1.807, 2.05) is 12.1 Å². The lowest BCUT2D eigenvalue weighted by molar-refractivity contribution is 0.391. The average Bonchev–Trinajstić information content (AvgIpc) is 3.22. The molecular weight excluding hydrogens is 377 g/mol. The molecule has 144 valence electrons. The van der Waals surface area contributed by atoms with E-state index >= 15 is 0 Å². The average molecular weight is 398 g/mol. The van der Waals surface area contributed by atoms with Gasteiger partial charge in [0.05, 0.1) is 6.04 Å². The largest absolute Gasteiger partial charge is 0.423 e. The maximum absolute atomic E-state index is 13.6. The van der Waals surface area contributed by atoms with Gasteiger partial charge in [0.25, 0.3) is 6.01 Å². The van der Waals surface area contributed by atoms with Crippen molar-refractivity contribution in [3.63, 3.8) is 0 Å². The number of aryl methyl sites for hydroxylation is 1. The summed E-state index contributed by atoms with van der Waals surface area (Å²) in [5, 5.41) is 1.96. The molecule has 0 saturated carbocycles. The molecule has 6 heteroatoms. The molecule has 1 aliphatic rings. The van der Waals surface area contributed by atoms with Gasteiger partial charge < -0.3 is 13.9 Å². The van der Waals surface area contributed by atoms with Crippen LogP contribution in [0.2, 0.25) is 5.02 Å². The molecule has 0 saturated heterocycles. The molecule has 0 N–H and O–H groups in total. The summed E-state index contributed by atoms with van der Waals surface area (Å²) in [6.45, 7) is 5.11. The Hall–Kier alpha value is -2.53. The highest BCUT2D eigenvalue weighted by molar-refractivity contribution is 6.31. The molecule has 0 amide bonds. The summed E-state index contributed by atoms with van der Waals surface area (Å²) in [4.78, 5) is 6.80. The number of hydrogen-bond donors (Lipinski definition) is 0. The molecule has 4 nitrogen and oxygen atoms in total. The molecule has 28 heavy (non-hydrogen) atoms. The second kappa shape index (κ2) is 6.52. The van der Waals surface area contributed by atoms with Crippen LogP contribution in [0.1, 0.15) is 26.0 Å². The van der Waals surface area contributed by atoms with Crippen molar-refractivity contribution in [1.82, 2.24) is 9.55 Å². The van der Waals surface area contributed by atoms with Crippen LogP contribution in [0.4, 0.5) is 10.4 Å². The van der Waals surface area contributed by atoms with E-state index in [1.54, 1.807) is 6.07 Å². The number of fused-ring (bicyclic) bond motifs is 4. The van der Waals surface area contributed by atoms with Gasteiger partial charge in [0.1, 0.15) is 11.3 Å². The van der Waals surface area contributed by atoms with Crippen molar-refractivity contribution in [2.45, 2.75) is 45.3 Å². The van der Waals surface area contributed by atoms with E-state index in [2.05, 4.69) is 40.4 Å². The van der Waals surface area contributed by atoms with Gasteiger partial charge in [-0.15, -0.1) is 0 Å². The Bertz CT molecular complexity index is 1180. The summed E-state index contributed by atoms with van der Waals surface area (Å²) in [6.07, 6.45) is 1.99. The van der Waals surface area contributed by atoms with Crippen LogP contribution in [0.5, 0.6) is 0 Å². The predicted molar refractivity (Wildman–Crippen MR) is 111 cm³/mol. The minimum absolute atomic E-state index is 0.204. The van der Waals surface area contributed by atoms with Crippen LogP contribution in [0, 0.1) is 5.82 Å². The Morgan fingerprint density at radius 3 is 2.89 bits per heavy atom. The lowest BCUT2D eigenvalue weighted by Crippen LogP contribution is -2.45. The Balaban J connectivity index is 1.54. The summed E-state index contributed by atoms with van der Waals surface area (Å²) < 4.78 is 21.9. The third kappa shape index (κ3) is 2.85. The van der Waals surface area contributed by atoms with Gasteiger partial charge in [0, 0.05) is 34.9 Å². The number of anilines is 1. The van der Waals surface area contributed by atoms with E-state index in [-0.39, 0.29) is 17.9 Å². The van der Waals surface area contributed by atoms with Crippen molar-refractivity contribution in [1.29, 1.82) is 0 Å². The fraction of sp³-hybridized carbons (Fsp3) is 0.318. The first-order valence-corrected chi connectivity index (χ1v) is 9.99. The molecule has 2 aromatic carbocycles. The number of nitrogens with zero attached hydrogens (tertiary/aromatic N) is 3. The number of halogens is 2. The molecular formula is C22H21ClFN3O. The second-order valence-corrected chi connectivity index (χ2v) is 8.19. The Kier molecular flexibility index (Phi) is 4.09. The Labute approximate surface area is 167 Å². The molecule has 0 bridgehead atoms. The zero-order valence-corrected chi connectivity index (χ0v) is 16.6. The molecule has 0 aliphatic carbocycles. The molecule has 1 unspecified atom stereocenters. The monoisotopic (exact) mass is 397 g/mol. The third-order valence-electron chi connectivity index (χ3n) is 5.59. The minimum atomic E-state index is -0.304. The first kappa shape index (κ1) is 17.6. The number of rotatable bonds is 3. The van der Waals surface area contributed by atoms with E-state index in [9.17, 15) is 4.39 Å². The van der Waals surface area contributed by atoms with Crippen LogP contribution in [-0.4, -0.2) is 21.6 Å². The molecule has 0 radical (unpaired) electrons. The van der Waals surface area contributed by atoms with E-state index in [0.717, 1.165) is 29.9 Å². The van der Waals surface area contributed by atoms with Crippen molar-refractivity contribution in [2.75, 3.05) is 4.90 Å². The summed E-state index contributed by atoms with van der Waals surface area (Å²) in [5.41, 5.74) is 3.65. The number of hydrogen-bond acceptors (Lipinski definition) is 3. The minimum Gasteiger partial charge on any atom is -0.423 e. The second-order valence-electron chi connectivity index (χ2n) is 7.75. The van der Waals surface area contributed by atoms with Crippen LogP contribution >= 0.6 is 11.6 Å². The number of aromatic nitrogens is 2. The van der Waals surface area contributed by atoms with E-state index in [0.29, 0.717) is 17.1 Å². The molecule has 3 heterocycles. The Morgan fingerprint density at radius 1 is 1.21 bits per heavy atom. The number of oxazole rings is 1. The summed E-state index contributed by atoms with van der Waals surface area (Å²) in [7, 11) is 0. The molecule has 0 spiro atoms. The van der Waals surface area contributed by atoms with Crippen molar-refractivity contribution >= 4 is 39.6 Å². The first-order chi connectivity index (χ1) is 13.5. The van der Waals surface area contributed by atoms with Crippen molar-refractivity contribution in [3.8, 4) is 0 Å². The Morgan fingerprint density at radius 2 is 2.07 bits per heavy atom. The zero-order valence-electron chi connectivity index (χ0n) is 15.8. The SMILES string of the molecule is CC(C)N(c1nc2cc(F)ccc2o1)C1CCc2cc3ccc(Cl)cc3n2C1. The van der Waals surface area contributed by atoms with Gasteiger partial charge in [0.15, 0.2) is 5.58 Å². The number of benzene rings is 2. The standard InChI is InChI=1S/C22H21ClFN3O/c1-13(2)27(22-25-19-11-16(24)5-8-21(19)28-22)18-7-6-17-9-14-3-4-15(23)10-20(14)26(17)12-18/h3-5,8-11,13,18H,6-7,12H2,1-2H3. The predicted octanol–water partition coefficient (Wildman–Crippen LogP) is 5.80. The van der Waals surface area contributed by atoms with E-state index in [1.165, 1.54) is 23.2 Å². The van der Waals surface area contributed by atoms with Crippen LogP contribution in [-0.2, 0) is 13.0 Å². The topological polar surface area (TPSA) is 34.2 Å². The molecule has 1 aliphatic heterocycles. The van der Waals surface area contributed by atoms with E-state index < -0.39 is 0 Å². The fourth-order valence-corrected chi connectivity index (χ4v) is 4.51. The first-order valence-electron chi connectivity index (χ1n) is 9.62. The van der Waals surface area contributed by atoms with Crippen molar-refractivity contribution in [2.24, 2.45) is 0 Å². The quantitative estimate of drug-likeness (QED) is 0.437. The highest BCUT2D eigenvalue weighted by Gasteiger charge is 2.30. The van der Waals surface area contributed by atoms with Gasteiger partial charge >= 0.3 is 0 Å². The normalized spacial score (nSPS) is 16.8. The zero-order chi connectivity index (χ0) is 19.4. The third-order valence-corrected chi connectivity index (χ3v) is 5.82. The molecule has 5 rings (SSSR count). The van der Waals surface area contributed by atoms with Crippen molar-refractivity contribution in [3.05, 3.63) is 59.0 Å². The summed E-state index contributed by atoms with van der Waals surface area (Å²) in [6, 6.07) is 13.8. The smallest absolute Gasteiger partial charge is 0.298 e. The highest BCUT2D eigenvalue weighted by Crippen LogP contribution is 2.33. The fourth-order valence-electron chi connectivity index (χ4n) is 4.35. The van der Waals surface area contributed by atoms with Gasteiger partial charge in [0.2, 0.25) is 0 Å². The van der Waals surface area contributed by atoms with Crippen LogP contribution < -0.4 is 4.90 Å². The maximum atomic E-state index is 13.6. The lowest BCUT2D eigenvalue weighted by atomic mass is 10.0. The van der Waals surface area contributed by atoms with Gasteiger partial charge in [-0.3, -0.25) is 0 Å². The van der Waals surface area contributed by atoms with Crippen LogP contribution in [0.15, 0.2) is 46.9 Å². The van der Waals surface area contributed by atoms with Gasteiger partial charge in [-0.05, 0) is 62.4 Å². The molecule has 2 aromatic heterocycles. The lowest BCUT2D eigenvalue weighted by Gasteiger charge is -2.37. The van der Waals surface area contributed by atoms with Crippen molar-refractivity contribution < 1.29 is 8.81 Å². The summed E-state index contributed by atoms with van der Waals surface area (Å²) in [5.74, 6) is -0.304. The van der Waals surface area contributed by atoms with E-state index in [4.69, 9.17) is 16.0 Å². The summed E-state index contributed by atoms with van der Waals surface area (Å²) >= 11 is 6.24. The van der Waals surface area contributed by atoms with Gasteiger partial charge in [-0.25, -0.2) is 4.39 Å². The maximum Gasteiger partial charge on any atom is 0.298 e. The van der Waals surface area contributed by atoms with Gasteiger partial charge in [-0.2, -0.15) is 4.98 Å². The highest BCUT2D eigenvalue weighted by atomic mass is 35.5. The molecule has 4 aromatic rings.